The van der Waals surface area contributed by atoms with Crippen molar-refractivity contribution in [1.29, 1.82) is 0 Å². The minimum Gasteiger partial charge on any atom is -0.508 e. The van der Waals surface area contributed by atoms with Gasteiger partial charge in [-0.2, -0.15) is 5.10 Å². The molecule has 0 bridgehead atoms. The number of carbonyl (C=O) groups is 2. The molecule has 2 aromatic rings. The van der Waals surface area contributed by atoms with Crippen molar-refractivity contribution in [1.82, 2.24) is 5.43 Å². The zero-order valence-corrected chi connectivity index (χ0v) is 14.2. The number of aryl methyl sites for hydroxylation is 2. The Kier molecular flexibility index (Phi) is 6.28. The highest BCUT2D eigenvalue weighted by atomic mass is 16.3. The average molecular weight is 339 g/mol. The van der Waals surface area contributed by atoms with Gasteiger partial charge in [-0.25, -0.2) is 5.43 Å². The number of benzene rings is 2. The number of phenolic OH excluding ortho intramolecular Hbond substituents is 1. The molecule has 25 heavy (non-hydrogen) atoms. The maximum absolute atomic E-state index is 11.9. The summed E-state index contributed by atoms with van der Waals surface area (Å²) in [7, 11) is 0. The first-order chi connectivity index (χ1) is 11.9. The molecule has 0 aliphatic carbocycles. The van der Waals surface area contributed by atoms with Crippen LogP contribution in [0.25, 0.3) is 0 Å². The van der Waals surface area contributed by atoms with Crippen LogP contribution in [0, 0.1) is 13.8 Å². The van der Waals surface area contributed by atoms with Crippen LogP contribution in [0.4, 0.5) is 5.69 Å². The molecule has 0 spiro atoms. The minimum atomic E-state index is -0.355. The van der Waals surface area contributed by atoms with Gasteiger partial charge in [-0.1, -0.05) is 18.2 Å². The first kappa shape index (κ1) is 18.2. The molecule has 0 heterocycles. The molecule has 2 aromatic carbocycles. The first-order valence-corrected chi connectivity index (χ1v) is 7.92. The molecule has 130 valence electrons. The van der Waals surface area contributed by atoms with Crippen LogP contribution in [-0.4, -0.2) is 23.1 Å². The average Bonchev–Trinajstić information content (AvgIpc) is 2.56. The molecule has 0 atom stereocenters. The number of rotatable bonds is 6. The summed E-state index contributed by atoms with van der Waals surface area (Å²) in [6, 6.07) is 12.2. The molecule has 3 N–H and O–H groups in total. The monoisotopic (exact) mass is 339 g/mol. The van der Waals surface area contributed by atoms with E-state index in [9.17, 15) is 14.7 Å². The van der Waals surface area contributed by atoms with E-state index in [4.69, 9.17) is 0 Å². The van der Waals surface area contributed by atoms with E-state index in [1.165, 1.54) is 12.3 Å². The van der Waals surface area contributed by atoms with E-state index in [-0.39, 0.29) is 30.4 Å². The molecule has 6 heteroatoms. The number of anilines is 1. The second kappa shape index (κ2) is 8.63. The van der Waals surface area contributed by atoms with E-state index >= 15 is 0 Å². The van der Waals surface area contributed by atoms with E-state index in [2.05, 4.69) is 15.8 Å². The van der Waals surface area contributed by atoms with Crippen molar-refractivity contribution in [3.05, 3.63) is 59.2 Å². The summed E-state index contributed by atoms with van der Waals surface area (Å²) < 4.78 is 0. The van der Waals surface area contributed by atoms with E-state index in [1.807, 2.05) is 32.0 Å². The van der Waals surface area contributed by atoms with Crippen LogP contribution < -0.4 is 10.7 Å². The molecular formula is C19H21N3O3. The SMILES string of the molecule is Cc1ccc(NC(=O)CCC(=O)N/N=C/c2cccc(O)c2)cc1C. The number of hydrazone groups is 1. The van der Waals surface area contributed by atoms with Crippen LogP contribution in [-0.2, 0) is 9.59 Å². The number of carbonyl (C=O) groups excluding carboxylic acids is 2. The molecule has 0 unspecified atom stereocenters. The second-order valence-corrected chi connectivity index (χ2v) is 5.74. The highest BCUT2D eigenvalue weighted by Gasteiger charge is 2.07. The lowest BCUT2D eigenvalue weighted by Gasteiger charge is -2.07. The largest absolute Gasteiger partial charge is 0.508 e. The lowest BCUT2D eigenvalue weighted by atomic mass is 10.1. The van der Waals surface area contributed by atoms with E-state index in [0.717, 1.165) is 16.8 Å². The first-order valence-electron chi connectivity index (χ1n) is 7.92. The number of phenols is 1. The third kappa shape index (κ3) is 6.10. The maximum atomic E-state index is 11.9. The summed E-state index contributed by atoms with van der Waals surface area (Å²) in [5, 5.41) is 15.9. The zero-order chi connectivity index (χ0) is 18.2. The Hall–Kier alpha value is -3.15. The molecule has 0 fully saturated rings. The Labute approximate surface area is 146 Å². The van der Waals surface area contributed by atoms with Crippen molar-refractivity contribution in [2.24, 2.45) is 5.10 Å². The van der Waals surface area contributed by atoms with Crippen molar-refractivity contribution in [3.8, 4) is 5.75 Å². The van der Waals surface area contributed by atoms with Gasteiger partial charge in [-0.15, -0.1) is 0 Å². The number of hydrogen-bond acceptors (Lipinski definition) is 4. The molecular weight excluding hydrogens is 318 g/mol. The van der Waals surface area contributed by atoms with Gasteiger partial charge in [0.2, 0.25) is 11.8 Å². The number of aromatic hydroxyl groups is 1. The quantitative estimate of drug-likeness (QED) is 0.558. The number of nitrogens with one attached hydrogen (secondary N) is 2. The van der Waals surface area contributed by atoms with Gasteiger partial charge in [0.25, 0.3) is 0 Å². The predicted molar refractivity (Wildman–Crippen MR) is 97.6 cm³/mol. The van der Waals surface area contributed by atoms with Crippen molar-refractivity contribution >= 4 is 23.7 Å². The van der Waals surface area contributed by atoms with Crippen molar-refractivity contribution in [2.75, 3.05) is 5.32 Å². The molecule has 6 nitrogen and oxygen atoms in total. The molecule has 0 saturated heterocycles. The lowest BCUT2D eigenvalue weighted by Crippen LogP contribution is -2.20. The van der Waals surface area contributed by atoms with Crippen LogP contribution >= 0.6 is 0 Å². The Morgan fingerprint density at radius 1 is 1.04 bits per heavy atom. The van der Waals surface area contributed by atoms with Crippen molar-refractivity contribution in [2.45, 2.75) is 26.7 Å². The van der Waals surface area contributed by atoms with Crippen molar-refractivity contribution in [3.63, 3.8) is 0 Å². The molecule has 0 aliphatic heterocycles. The highest BCUT2D eigenvalue weighted by Crippen LogP contribution is 2.14. The predicted octanol–water partition coefficient (Wildman–Crippen LogP) is 2.88. The topological polar surface area (TPSA) is 90.8 Å². The summed E-state index contributed by atoms with van der Waals surface area (Å²) in [5.41, 5.74) is 5.98. The normalized spacial score (nSPS) is 10.6. The fourth-order valence-electron chi connectivity index (χ4n) is 2.11. The van der Waals surface area contributed by atoms with E-state index in [0.29, 0.717) is 5.56 Å². The Balaban J connectivity index is 1.75. The Bertz CT molecular complexity index is 800. The molecule has 0 radical (unpaired) electrons. The summed E-state index contributed by atoms with van der Waals surface area (Å²) in [6.07, 6.45) is 1.53. The fourth-order valence-corrected chi connectivity index (χ4v) is 2.11. The summed E-state index contributed by atoms with van der Waals surface area (Å²) >= 11 is 0. The van der Waals surface area contributed by atoms with Crippen LogP contribution in [0.3, 0.4) is 0 Å². The smallest absolute Gasteiger partial charge is 0.240 e. The van der Waals surface area contributed by atoms with Gasteiger partial charge >= 0.3 is 0 Å². The van der Waals surface area contributed by atoms with Gasteiger partial charge in [0, 0.05) is 18.5 Å². The van der Waals surface area contributed by atoms with E-state index in [1.54, 1.807) is 18.2 Å². The third-order valence-electron chi connectivity index (χ3n) is 3.64. The lowest BCUT2D eigenvalue weighted by molar-refractivity contribution is -0.124. The molecule has 2 rings (SSSR count). The van der Waals surface area contributed by atoms with Crippen molar-refractivity contribution < 1.29 is 14.7 Å². The Morgan fingerprint density at radius 3 is 2.52 bits per heavy atom. The third-order valence-corrected chi connectivity index (χ3v) is 3.64. The van der Waals surface area contributed by atoms with Crippen LogP contribution in [0.2, 0.25) is 0 Å². The van der Waals surface area contributed by atoms with Gasteiger partial charge in [-0.05, 0) is 54.8 Å². The van der Waals surface area contributed by atoms with Crippen LogP contribution in [0.1, 0.15) is 29.5 Å². The Morgan fingerprint density at radius 2 is 1.80 bits per heavy atom. The second-order valence-electron chi connectivity index (χ2n) is 5.74. The fraction of sp³-hybridized carbons (Fsp3) is 0.211. The van der Waals surface area contributed by atoms with E-state index < -0.39 is 0 Å². The van der Waals surface area contributed by atoms with Gasteiger partial charge in [0.15, 0.2) is 0 Å². The number of nitrogens with zero attached hydrogens (tertiary/aromatic N) is 1. The molecule has 0 saturated carbocycles. The van der Waals surface area contributed by atoms with Gasteiger partial charge in [0.05, 0.1) is 6.21 Å². The van der Waals surface area contributed by atoms with Gasteiger partial charge in [0.1, 0.15) is 5.75 Å². The van der Waals surface area contributed by atoms with Gasteiger partial charge < -0.3 is 10.4 Å². The van der Waals surface area contributed by atoms with Crippen LogP contribution in [0.15, 0.2) is 47.6 Å². The van der Waals surface area contributed by atoms with Crippen LogP contribution in [0.5, 0.6) is 5.75 Å². The summed E-state index contributed by atoms with van der Waals surface area (Å²) in [4.78, 5) is 23.6. The number of hydrogen-bond donors (Lipinski definition) is 3. The zero-order valence-electron chi connectivity index (χ0n) is 14.2. The minimum absolute atomic E-state index is 0.0358. The highest BCUT2D eigenvalue weighted by molar-refractivity contribution is 5.93. The van der Waals surface area contributed by atoms with Gasteiger partial charge in [-0.3, -0.25) is 9.59 Å². The standard InChI is InChI=1S/C19H21N3O3/c1-13-6-7-16(10-14(13)2)21-18(24)8-9-19(25)22-20-12-15-4-3-5-17(23)11-15/h3-7,10-12,23H,8-9H2,1-2H3,(H,21,24)(H,22,25)/b20-12+. The summed E-state index contributed by atoms with van der Waals surface area (Å²) in [5.74, 6) is -0.458. The maximum Gasteiger partial charge on any atom is 0.240 e. The molecule has 0 aliphatic rings. The molecule has 2 amide bonds. The number of amides is 2. The summed E-state index contributed by atoms with van der Waals surface area (Å²) in [6.45, 7) is 3.98. The molecule has 0 aromatic heterocycles.